The number of halogens is 5. The standard InChI is InChI=1S/C21H19Cl2F3N2O3/c1-31-9-8-28-10-13(18-15(22)6-3-7-17(18)28)20(30)27-16(11-29)12-4-2-5-14(19(12)23)21(24,25)26/h2-7,10,16,29H,8-9,11H2,1H3,(H,27,30). The number of aromatic nitrogens is 1. The maximum Gasteiger partial charge on any atom is 0.417 e. The number of ether oxygens (including phenoxy) is 1. The predicted molar refractivity (Wildman–Crippen MR) is 113 cm³/mol. The number of hydrogen-bond acceptors (Lipinski definition) is 3. The fourth-order valence-electron chi connectivity index (χ4n) is 3.35. The number of aliphatic hydroxyl groups is 1. The van der Waals surface area contributed by atoms with Crippen molar-refractivity contribution in [2.75, 3.05) is 20.3 Å². The average molecular weight is 475 g/mol. The lowest BCUT2D eigenvalue weighted by molar-refractivity contribution is -0.137. The van der Waals surface area contributed by atoms with Gasteiger partial charge < -0.3 is 19.7 Å². The molecule has 2 N–H and O–H groups in total. The number of hydrogen-bond donors (Lipinski definition) is 2. The van der Waals surface area contributed by atoms with Crippen LogP contribution >= 0.6 is 23.2 Å². The predicted octanol–water partition coefficient (Wildman–Crippen LogP) is 5.08. The van der Waals surface area contributed by atoms with Crippen molar-refractivity contribution in [2.45, 2.75) is 18.8 Å². The van der Waals surface area contributed by atoms with Crippen LogP contribution in [0.15, 0.2) is 42.6 Å². The first kappa shape index (κ1) is 23.4. The van der Waals surface area contributed by atoms with Crippen molar-refractivity contribution >= 4 is 40.0 Å². The Morgan fingerprint density at radius 3 is 2.58 bits per heavy atom. The molecule has 166 valence electrons. The summed E-state index contributed by atoms with van der Waals surface area (Å²) in [6, 6.07) is 7.36. The molecule has 0 aliphatic rings. The number of carbonyl (C=O) groups is 1. The lowest BCUT2D eigenvalue weighted by Crippen LogP contribution is -2.31. The molecule has 1 aromatic heterocycles. The Morgan fingerprint density at radius 1 is 1.23 bits per heavy atom. The molecule has 3 rings (SSSR count). The molecule has 0 spiro atoms. The summed E-state index contributed by atoms with van der Waals surface area (Å²) in [4.78, 5) is 13.0. The summed E-state index contributed by atoms with van der Waals surface area (Å²) >= 11 is 12.3. The van der Waals surface area contributed by atoms with Crippen molar-refractivity contribution in [3.05, 3.63) is 69.3 Å². The molecule has 1 unspecified atom stereocenters. The Morgan fingerprint density at radius 2 is 1.94 bits per heavy atom. The first-order valence-corrected chi connectivity index (χ1v) is 9.98. The van der Waals surface area contributed by atoms with E-state index in [0.717, 1.165) is 6.07 Å². The highest BCUT2D eigenvalue weighted by molar-refractivity contribution is 6.37. The summed E-state index contributed by atoms with van der Waals surface area (Å²) in [6.45, 7) is 0.211. The zero-order valence-corrected chi connectivity index (χ0v) is 17.9. The van der Waals surface area contributed by atoms with Gasteiger partial charge in [0.1, 0.15) is 0 Å². The van der Waals surface area contributed by atoms with Gasteiger partial charge in [0.15, 0.2) is 0 Å². The minimum absolute atomic E-state index is 0.0402. The molecular weight excluding hydrogens is 456 g/mol. The molecule has 0 fully saturated rings. The third kappa shape index (κ3) is 4.82. The molecule has 5 nitrogen and oxygen atoms in total. The normalized spacial score (nSPS) is 12.9. The Labute approximate surface area is 186 Å². The van der Waals surface area contributed by atoms with Crippen molar-refractivity contribution < 1.29 is 27.8 Å². The van der Waals surface area contributed by atoms with Crippen LogP contribution in [-0.2, 0) is 17.5 Å². The monoisotopic (exact) mass is 474 g/mol. The van der Waals surface area contributed by atoms with Gasteiger partial charge in [-0.3, -0.25) is 4.79 Å². The van der Waals surface area contributed by atoms with Crippen molar-refractivity contribution in [3.8, 4) is 0 Å². The van der Waals surface area contributed by atoms with Gasteiger partial charge in [0.2, 0.25) is 0 Å². The number of carbonyl (C=O) groups excluding carboxylic acids is 1. The van der Waals surface area contributed by atoms with E-state index < -0.39 is 35.3 Å². The van der Waals surface area contributed by atoms with Crippen molar-refractivity contribution in [1.82, 2.24) is 9.88 Å². The molecule has 0 saturated heterocycles. The van der Waals surface area contributed by atoms with Crippen LogP contribution in [0, 0.1) is 0 Å². The number of amides is 1. The maximum absolute atomic E-state index is 13.2. The SMILES string of the molecule is COCCn1cc(C(=O)NC(CO)c2cccc(C(F)(F)F)c2Cl)c2c(Cl)cccc21. The third-order valence-corrected chi connectivity index (χ3v) is 5.57. The maximum atomic E-state index is 13.2. The number of fused-ring (bicyclic) bond motifs is 1. The summed E-state index contributed by atoms with van der Waals surface area (Å²) in [5, 5.41) is 12.6. The number of alkyl halides is 3. The van der Waals surface area contributed by atoms with Gasteiger partial charge in [-0.25, -0.2) is 0 Å². The smallest absolute Gasteiger partial charge is 0.394 e. The first-order valence-electron chi connectivity index (χ1n) is 9.22. The Balaban J connectivity index is 1.98. The summed E-state index contributed by atoms with van der Waals surface area (Å²) in [7, 11) is 1.55. The van der Waals surface area contributed by atoms with Crippen LogP contribution in [-0.4, -0.2) is 35.9 Å². The zero-order valence-electron chi connectivity index (χ0n) is 16.3. The van der Waals surface area contributed by atoms with Crippen LogP contribution in [0.1, 0.15) is 27.5 Å². The fraction of sp³-hybridized carbons (Fsp3) is 0.286. The van der Waals surface area contributed by atoms with E-state index in [9.17, 15) is 23.1 Å². The highest BCUT2D eigenvalue weighted by atomic mass is 35.5. The minimum atomic E-state index is -4.67. The molecule has 1 atom stereocenters. The van der Waals surface area contributed by atoms with Crippen molar-refractivity contribution in [3.63, 3.8) is 0 Å². The van der Waals surface area contributed by atoms with Crippen LogP contribution in [0.4, 0.5) is 13.2 Å². The molecule has 0 bridgehead atoms. The summed E-state index contributed by atoms with van der Waals surface area (Å²) in [6.07, 6.45) is -3.08. The number of rotatable bonds is 7. The van der Waals surface area contributed by atoms with E-state index in [1.165, 1.54) is 12.1 Å². The zero-order chi connectivity index (χ0) is 22.8. The van der Waals surface area contributed by atoms with Crippen molar-refractivity contribution in [1.29, 1.82) is 0 Å². The number of nitrogens with one attached hydrogen (secondary N) is 1. The van der Waals surface area contributed by atoms with Gasteiger partial charge >= 0.3 is 6.18 Å². The van der Waals surface area contributed by atoms with E-state index in [0.29, 0.717) is 29.1 Å². The van der Waals surface area contributed by atoms with E-state index in [2.05, 4.69) is 5.32 Å². The summed E-state index contributed by atoms with van der Waals surface area (Å²) < 4.78 is 46.4. The second kappa shape index (κ2) is 9.48. The van der Waals surface area contributed by atoms with Gasteiger partial charge in [-0.05, 0) is 23.8 Å². The molecule has 31 heavy (non-hydrogen) atoms. The molecule has 0 aliphatic carbocycles. The van der Waals surface area contributed by atoms with Crippen LogP contribution in [0.3, 0.4) is 0 Å². The van der Waals surface area contributed by atoms with Gasteiger partial charge in [0, 0.05) is 25.2 Å². The van der Waals surface area contributed by atoms with E-state index in [-0.39, 0.29) is 11.1 Å². The first-order chi connectivity index (χ1) is 14.7. The van der Waals surface area contributed by atoms with Crippen LogP contribution in [0.25, 0.3) is 10.9 Å². The quantitative estimate of drug-likeness (QED) is 0.501. The highest BCUT2D eigenvalue weighted by Gasteiger charge is 2.35. The molecule has 1 amide bonds. The molecular formula is C21H19Cl2F3N2O3. The number of methoxy groups -OCH3 is 1. The van der Waals surface area contributed by atoms with E-state index in [1.807, 2.05) is 0 Å². The van der Waals surface area contributed by atoms with Crippen molar-refractivity contribution in [2.24, 2.45) is 0 Å². The molecule has 0 saturated carbocycles. The average Bonchev–Trinajstić information content (AvgIpc) is 3.10. The van der Waals surface area contributed by atoms with Crippen LogP contribution < -0.4 is 5.32 Å². The van der Waals surface area contributed by atoms with Gasteiger partial charge in [-0.1, -0.05) is 41.4 Å². The molecule has 2 aromatic carbocycles. The Hall–Kier alpha value is -2.26. The molecule has 3 aromatic rings. The number of nitrogens with zero attached hydrogens (tertiary/aromatic N) is 1. The van der Waals surface area contributed by atoms with E-state index in [4.69, 9.17) is 27.9 Å². The van der Waals surface area contributed by atoms with E-state index >= 15 is 0 Å². The molecule has 0 radical (unpaired) electrons. The number of aliphatic hydroxyl groups excluding tert-OH is 1. The third-order valence-electron chi connectivity index (χ3n) is 4.83. The van der Waals surface area contributed by atoms with Gasteiger partial charge in [0.25, 0.3) is 5.91 Å². The molecule has 1 heterocycles. The topological polar surface area (TPSA) is 63.5 Å². The second-order valence-electron chi connectivity index (χ2n) is 6.78. The largest absolute Gasteiger partial charge is 0.417 e. The summed E-state index contributed by atoms with van der Waals surface area (Å²) in [5.74, 6) is -0.609. The second-order valence-corrected chi connectivity index (χ2v) is 7.56. The van der Waals surface area contributed by atoms with Gasteiger partial charge in [-0.2, -0.15) is 13.2 Å². The van der Waals surface area contributed by atoms with Gasteiger partial charge in [0.05, 0.1) is 45.9 Å². The lowest BCUT2D eigenvalue weighted by atomic mass is 10.0. The fourth-order valence-corrected chi connectivity index (χ4v) is 3.99. The molecule has 10 heteroatoms. The highest BCUT2D eigenvalue weighted by Crippen LogP contribution is 2.38. The summed E-state index contributed by atoms with van der Waals surface area (Å²) in [5.41, 5.74) is -0.161. The molecule has 0 aliphatic heterocycles. The number of benzene rings is 2. The Kier molecular flexibility index (Phi) is 7.16. The minimum Gasteiger partial charge on any atom is -0.394 e. The van der Waals surface area contributed by atoms with Gasteiger partial charge in [-0.15, -0.1) is 0 Å². The van der Waals surface area contributed by atoms with Crippen LogP contribution in [0.2, 0.25) is 10.0 Å². The van der Waals surface area contributed by atoms with Crippen LogP contribution in [0.5, 0.6) is 0 Å². The Bertz CT molecular complexity index is 1100. The van der Waals surface area contributed by atoms with E-state index in [1.54, 1.807) is 36.1 Å². The lowest BCUT2D eigenvalue weighted by Gasteiger charge is -2.20.